The summed E-state index contributed by atoms with van der Waals surface area (Å²) in [6.07, 6.45) is 1.66. The zero-order valence-corrected chi connectivity index (χ0v) is 20.8. The Kier molecular flexibility index (Phi) is 6.26. The van der Waals surface area contributed by atoms with Crippen molar-refractivity contribution in [3.05, 3.63) is 50.9 Å². The number of nitrogens with zero attached hydrogens (tertiary/aromatic N) is 2. The number of piperidine rings is 1. The number of thiazole rings is 1. The van der Waals surface area contributed by atoms with Crippen LogP contribution in [0.3, 0.4) is 0 Å². The van der Waals surface area contributed by atoms with E-state index >= 15 is 0 Å². The summed E-state index contributed by atoms with van der Waals surface area (Å²) in [5, 5.41) is 2.88. The Morgan fingerprint density at radius 2 is 1.64 bits per heavy atom. The zero-order valence-electron chi connectivity index (χ0n) is 19.3. The fourth-order valence-electron chi connectivity index (χ4n) is 4.81. The Balaban J connectivity index is 1.29. The van der Waals surface area contributed by atoms with Crippen LogP contribution in [-0.4, -0.2) is 40.7 Å². The molecule has 2 fully saturated rings. The molecule has 2 aromatic rings. The molecule has 33 heavy (non-hydrogen) atoms. The minimum Gasteiger partial charge on any atom is -0.342 e. The Labute approximate surface area is 202 Å². The zero-order chi connectivity index (χ0) is 24.0. The largest absolute Gasteiger partial charge is 0.342 e. The third-order valence-electron chi connectivity index (χ3n) is 7.59. The Morgan fingerprint density at radius 1 is 1.03 bits per heavy atom. The van der Waals surface area contributed by atoms with Gasteiger partial charge in [-0.15, -0.1) is 11.3 Å². The molecule has 4 rings (SSSR count). The first-order chi connectivity index (χ1) is 15.5. The minimum atomic E-state index is -0.497. The van der Waals surface area contributed by atoms with Crippen LogP contribution in [0.1, 0.15) is 72.3 Å². The molecule has 0 unspecified atom stereocenters. The average molecular weight is 489 g/mol. The summed E-state index contributed by atoms with van der Waals surface area (Å²) in [4.78, 5) is 44.1. The van der Waals surface area contributed by atoms with Crippen LogP contribution in [0.4, 0.5) is 0 Å². The van der Waals surface area contributed by atoms with Gasteiger partial charge in [0.05, 0.1) is 15.6 Å². The van der Waals surface area contributed by atoms with E-state index in [9.17, 15) is 14.4 Å². The number of likely N-dealkylation sites (tertiary alicyclic amines) is 1. The number of carbonyl (C=O) groups excluding carboxylic acids is 3. The predicted octanol–water partition coefficient (Wildman–Crippen LogP) is 4.26. The molecule has 0 atom stereocenters. The number of carbonyl (C=O) groups is 3. The van der Waals surface area contributed by atoms with E-state index in [2.05, 4.69) is 43.5 Å². The molecule has 1 aromatic heterocycles. The average Bonchev–Trinajstić information content (AvgIpc) is 3.11. The molecule has 2 heterocycles. The van der Waals surface area contributed by atoms with Crippen LogP contribution in [0.5, 0.6) is 0 Å². The minimum absolute atomic E-state index is 0.0414. The molecule has 7 nitrogen and oxygen atoms in total. The summed E-state index contributed by atoms with van der Waals surface area (Å²) in [6, 6.07) is 6.60. The van der Waals surface area contributed by atoms with E-state index in [1.165, 1.54) is 11.3 Å². The number of aromatic nitrogens is 1. The molecule has 1 aromatic carbocycles. The van der Waals surface area contributed by atoms with Crippen molar-refractivity contribution in [3.8, 4) is 0 Å². The van der Waals surface area contributed by atoms with Crippen LogP contribution in [0.15, 0.2) is 29.6 Å². The molecule has 1 saturated heterocycles. The lowest BCUT2D eigenvalue weighted by Crippen LogP contribution is -2.42. The van der Waals surface area contributed by atoms with Crippen molar-refractivity contribution in [1.29, 1.82) is 0 Å². The highest BCUT2D eigenvalue weighted by Gasteiger charge is 2.68. The molecule has 1 aliphatic heterocycles. The summed E-state index contributed by atoms with van der Waals surface area (Å²) in [5.41, 5.74) is 5.38. The van der Waals surface area contributed by atoms with Gasteiger partial charge in [-0.3, -0.25) is 25.2 Å². The first kappa shape index (κ1) is 23.7. The number of amides is 3. The molecule has 0 bridgehead atoms. The van der Waals surface area contributed by atoms with Gasteiger partial charge in [0, 0.05) is 30.3 Å². The van der Waals surface area contributed by atoms with Gasteiger partial charge in [0.1, 0.15) is 5.69 Å². The fourth-order valence-corrected chi connectivity index (χ4v) is 6.01. The highest BCUT2D eigenvalue weighted by molar-refractivity contribution is 7.09. The highest BCUT2D eigenvalue weighted by atomic mass is 35.5. The van der Waals surface area contributed by atoms with E-state index in [0.29, 0.717) is 18.1 Å². The van der Waals surface area contributed by atoms with Crippen LogP contribution in [-0.2, 0) is 4.79 Å². The molecule has 3 amide bonds. The topological polar surface area (TPSA) is 91.4 Å². The van der Waals surface area contributed by atoms with Crippen LogP contribution < -0.4 is 10.9 Å². The fraction of sp³-hybridized carbons (Fsp3) is 0.500. The second kappa shape index (κ2) is 8.72. The molecule has 9 heteroatoms. The van der Waals surface area contributed by atoms with Gasteiger partial charge in [-0.2, -0.15) is 0 Å². The lowest BCUT2D eigenvalue weighted by molar-refractivity contribution is -0.134. The van der Waals surface area contributed by atoms with Gasteiger partial charge < -0.3 is 4.90 Å². The van der Waals surface area contributed by atoms with Crippen molar-refractivity contribution in [2.45, 2.75) is 46.5 Å². The number of hydrogen-bond donors (Lipinski definition) is 2. The second-order valence-corrected chi connectivity index (χ2v) is 11.2. The molecule has 1 saturated carbocycles. The summed E-state index contributed by atoms with van der Waals surface area (Å²) < 4.78 is 0. The quantitative estimate of drug-likeness (QED) is 0.629. The van der Waals surface area contributed by atoms with Crippen molar-refractivity contribution in [3.63, 3.8) is 0 Å². The lowest BCUT2D eigenvalue weighted by Gasteiger charge is -2.31. The van der Waals surface area contributed by atoms with Crippen molar-refractivity contribution in [1.82, 2.24) is 20.7 Å². The highest BCUT2D eigenvalue weighted by Crippen LogP contribution is 2.68. The molecular weight excluding hydrogens is 460 g/mol. The third kappa shape index (κ3) is 4.38. The van der Waals surface area contributed by atoms with E-state index in [4.69, 9.17) is 11.6 Å². The first-order valence-corrected chi connectivity index (χ1v) is 12.4. The third-order valence-corrected chi connectivity index (χ3v) is 8.92. The van der Waals surface area contributed by atoms with E-state index in [1.54, 1.807) is 29.6 Å². The maximum Gasteiger partial charge on any atom is 0.289 e. The van der Waals surface area contributed by atoms with E-state index in [1.807, 2.05) is 4.90 Å². The number of halogens is 1. The van der Waals surface area contributed by atoms with E-state index < -0.39 is 11.8 Å². The van der Waals surface area contributed by atoms with Gasteiger partial charge in [0.25, 0.3) is 11.8 Å². The van der Waals surface area contributed by atoms with Crippen molar-refractivity contribution >= 4 is 40.7 Å². The maximum absolute atomic E-state index is 13.0. The molecular formula is C24H29ClN4O3S. The standard InChI is InChI=1S/C24H29ClN4O3S/c1-23(2)18(24(23,3)4)22(32)29-11-9-14(10-12-29)21-26-17(13-33-21)20(31)28-27-19(30)15-7-5-6-8-16(15)25/h5-8,13-14,18H,9-12H2,1-4H3,(H,27,30)(H,28,31). The lowest BCUT2D eigenvalue weighted by atomic mass is 9.96. The van der Waals surface area contributed by atoms with Crippen molar-refractivity contribution < 1.29 is 14.4 Å². The van der Waals surface area contributed by atoms with Crippen molar-refractivity contribution in [2.24, 2.45) is 16.7 Å². The summed E-state index contributed by atoms with van der Waals surface area (Å²) >= 11 is 7.45. The maximum atomic E-state index is 13.0. The number of hydrogen-bond acceptors (Lipinski definition) is 5. The number of rotatable bonds is 4. The number of hydrazine groups is 1. The van der Waals surface area contributed by atoms with Gasteiger partial charge in [-0.1, -0.05) is 51.4 Å². The van der Waals surface area contributed by atoms with Crippen molar-refractivity contribution in [2.75, 3.05) is 13.1 Å². The Morgan fingerprint density at radius 3 is 2.24 bits per heavy atom. The SMILES string of the molecule is CC1(C)C(C(=O)N2CCC(c3nc(C(=O)NNC(=O)c4ccccc4Cl)cs3)CC2)C1(C)C. The predicted molar refractivity (Wildman–Crippen MR) is 128 cm³/mol. The smallest absolute Gasteiger partial charge is 0.289 e. The van der Waals surface area contributed by atoms with E-state index in [-0.39, 0.29) is 39.8 Å². The summed E-state index contributed by atoms with van der Waals surface area (Å²) in [6.45, 7) is 10.1. The van der Waals surface area contributed by atoms with Gasteiger partial charge in [-0.25, -0.2) is 4.98 Å². The van der Waals surface area contributed by atoms with E-state index in [0.717, 1.165) is 17.8 Å². The monoisotopic (exact) mass is 488 g/mol. The summed E-state index contributed by atoms with van der Waals surface area (Å²) in [7, 11) is 0. The molecule has 1 aliphatic carbocycles. The van der Waals surface area contributed by atoms with Crippen LogP contribution in [0, 0.1) is 16.7 Å². The normalized spacial score (nSPS) is 19.7. The van der Waals surface area contributed by atoms with Gasteiger partial charge in [0.15, 0.2) is 0 Å². The molecule has 176 valence electrons. The van der Waals surface area contributed by atoms with Crippen LogP contribution in [0.2, 0.25) is 5.02 Å². The summed E-state index contributed by atoms with van der Waals surface area (Å²) in [5.74, 6) is -0.416. The number of nitrogens with one attached hydrogen (secondary N) is 2. The van der Waals surface area contributed by atoms with Gasteiger partial charge in [-0.05, 0) is 35.8 Å². The number of benzene rings is 1. The molecule has 0 radical (unpaired) electrons. The van der Waals surface area contributed by atoms with Gasteiger partial charge in [0.2, 0.25) is 5.91 Å². The van der Waals surface area contributed by atoms with Gasteiger partial charge >= 0.3 is 0 Å². The Bertz CT molecular complexity index is 1070. The Hall–Kier alpha value is -2.45. The first-order valence-electron chi connectivity index (χ1n) is 11.1. The second-order valence-electron chi connectivity index (χ2n) is 9.94. The van der Waals surface area contributed by atoms with Crippen LogP contribution in [0.25, 0.3) is 0 Å². The van der Waals surface area contributed by atoms with Crippen LogP contribution >= 0.6 is 22.9 Å². The molecule has 2 aliphatic rings. The molecule has 0 spiro atoms. The molecule has 2 N–H and O–H groups in total.